The van der Waals surface area contributed by atoms with Crippen LogP contribution in [-0.2, 0) is 9.53 Å². The average molecular weight is 158 g/mol. The molecule has 0 amide bonds. The summed E-state index contributed by atoms with van der Waals surface area (Å²) in [5, 5.41) is 8.30. The van der Waals surface area contributed by atoms with Crippen molar-refractivity contribution in [3.63, 3.8) is 0 Å². The van der Waals surface area contributed by atoms with Crippen molar-refractivity contribution >= 4 is 5.97 Å². The van der Waals surface area contributed by atoms with E-state index >= 15 is 0 Å². The molecule has 0 radical (unpaired) electrons. The molecular formula is C8H14O3. The number of rotatable bonds is 4. The third-order valence-electron chi connectivity index (χ3n) is 1.36. The maximum Gasteiger partial charge on any atom is 0.328 e. The van der Waals surface area contributed by atoms with Crippen LogP contribution < -0.4 is 0 Å². The van der Waals surface area contributed by atoms with Crippen molar-refractivity contribution in [2.45, 2.75) is 20.0 Å². The standard InChI is InChI=1S/C8H14O3/c1-6(2)7(11-3)4-5-8(9)10/h4-7H,1-3H3,(H,9,10)/b5-4+. The highest BCUT2D eigenvalue weighted by Gasteiger charge is 2.07. The molecule has 1 unspecified atom stereocenters. The Labute approximate surface area is 66.7 Å². The summed E-state index contributed by atoms with van der Waals surface area (Å²) in [4.78, 5) is 10.1. The molecular weight excluding hydrogens is 144 g/mol. The van der Waals surface area contributed by atoms with Gasteiger partial charge in [0.25, 0.3) is 0 Å². The normalized spacial score (nSPS) is 14.2. The quantitative estimate of drug-likeness (QED) is 0.627. The monoisotopic (exact) mass is 158 g/mol. The topological polar surface area (TPSA) is 46.5 Å². The molecule has 0 spiro atoms. The second-order valence-corrected chi connectivity index (χ2v) is 2.64. The van der Waals surface area contributed by atoms with Crippen molar-refractivity contribution in [1.82, 2.24) is 0 Å². The Morgan fingerprint density at radius 1 is 1.55 bits per heavy atom. The molecule has 0 saturated heterocycles. The lowest BCUT2D eigenvalue weighted by Crippen LogP contribution is -2.15. The van der Waals surface area contributed by atoms with Gasteiger partial charge in [-0.1, -0.05) is 13.8 Å². The number of hydrogen-bond donors (Lipinski definition) is 1. The zero-order valence-electron chi connectivity index (χ0n) is 7.07. The van der Waals surface area contributed by atoms with Crippen LogP contribution in [0.3, 0.4) is 0 Å². The number of hydrogen-bond acceptors (Lipinski definition) is 2. The van der Waals surface area contributed by atoms with Crippen LogP contribution in [-0.4, -0.2) is 24.3 Å². The van der Waals surface area contributed by atoms with Crippen LogP contribution in [0.25, 0.3) is 0 Å². The first-order chi connectivity index (χ1) is 5.07. The minimum absolute atomic E-state index is 0.105. The van der Waals surface area contributed by atoms with Gasteiger partial charge in [0.2, 0.25) is 0 Å². The number of aliphatic carboxylic acids is 1. The summed E-state index contributed by atoms with van der Waals surface area (Å²) in [5.41, 5.74) is 0. The van der Waals surface area contributed by atoms with Gasteiger partial charge in [-0.05, 0) is 12.0 Å². The largest absolute Gasteiger partial charge is 0.478 e. The molecule has 0 aromatic heterocycles. The molecule has 1 atom stereocenters. The van der Waals surface area contributed by atoms with E-state index in [1.807, 2.05) is 13.8 Å². The van der Waals surface area contributed by atoms with Gasteiger partial charge in [0.05, 0.1) is 6.10 Å². The molecule has 0 heterocycles. The highest BCUT2D eigenvalue weighted by molar-refractivity contribution is 5.79. The molecule has 1 N–H and O–H groups in total. The first-order valence-corrected chi connectivity index (χ1v) is 3.52. The van der Waals surface area contributed by atoms with Gasteiger partial charge < -0.3 is 9.84 Å². The fraction of sp³-hybridized carbons (Fsp3) is 0.625. The van der Waals surface area contributed by atoms with E-state index in [1.165, 1.54) is 0 Å². The molecule has 64 valence electrons. The van der Waals surface area contributed by atoms with Crippen molar-refractivity contribution < 1.29 is 14.6 Å². The molecule has 0 fully saturated rings. The predicted octanol–water partition coefficient (Wildman–Crippen LogP) is 1.30. The van der Waals surface area contributed by atoms with Crippen molar-refractivity contribution in [2.75, 3.05) is 7.11 Å². The van der Waals surface area contributed by atoms with Crippen LogP contribution in [0.1, 0.15) is 13.8 Å². The average Bonchev–Trinajstić information content (AvgIpc) is 1.87. The molecule has 0 rings (SSSR count). The number of methoxy groups -OCH3 is 1. The Bertz CT molecular complexity index is 149. The van der Waals surface area contributed by atoms with Gasteiger partial charge in [0.15, 0.2) is 0 Å². The van der Waals surface area contributed by atoms with Crippen LogP contribution in [0.2, 0.25) is 0 Å². The van der Waals surface area contributed by atoms with E-state index in [9.17, 15) is 4.79 Å². The summed E-state index contributed by atoms with van der Waals surface area (Å²) < 4.78 is 5.01. The van der Waals surface area contributed by atoms with Gasteiger partial charge in [0, 0.05) is 13.2 Å². The summed E-state index contributed by atoms with van der Waals surface area (Å²) in [6, 6.07) is 0. The molecule has 0 bridgehead atoms. The van der Waals surface area contributed by atoms with E-state index in [2.05, 4.69) is 0 Å². The molecule has 11 heavy (non-hydrogen) atoms. The maximum absolute atomic E-state index is 10.1. The third-order valence-corrected chi connectivity index (χ3v) is 1.36. The Balaban J connectivity index is 3.97. The molecule has 3 heteroatoms. The molecule has 0 saturated carbocycles. The van der Waals surface area contributed by atoms with Gasteiger partial charge in [0.1, 0.15) is 0 Å². The number of ether oxygens (including phenoxy) is 1. The summed E-state index contributed by atoms with van der Waals surface area (Å²) in [5.74, 6) is -0.636. The number of carbonyl (C=O) groups is 1. The molecule has 0 aromatic rings. The number of carboxylic acids is 1. The van der Waals surface area contributed by atoms with Crippen molar-refractivity contribution in [3.8, 4) is 0 Å². The van der Waals surface area contributed by atoms with Crippen LogP contribution in [0, 0.1) is 5.92 Å². The van der Waals surface area contributed by atoms with Gasteiger partial charge in [-0.3, -0.25) is 0 Å². The van der Waals surface area contributed by atoms with E-state index in [-0.39, 0.29) is 6.10 Å². The highest BCUT2D eigenvalue weighted by atomic mass is 16.5. The van der Waals surface area contributed by atoms with Gasteiger partial charge in [-0.15, -0.1) is 0 Å². The van der Waals surface area contributed by atoms with E-state index < -0.39 is 5.97 Å². The Morgan fingerprint density at radius 2 is 2.09 bits per heavy atom. The molecule has 3 nitrogen and oxygen atoms in total. The SMILES string of the molecule is COC(/C=C/C(=O)O)C(C)C. The lowest BCUT2D eigenvalue weighted by molar-refractivity contribution is -0.131. The zero-order valence-corrected chi connectivity index (χ0v) is 7.07. The Kier molecular flexibility index (Phi) is 4.54. The molecule has 0 aromatic carbocycles. The van der Waals surface area contributed by atoms with Crippen molar-refractivity contribution in [3.05, 3.63) is 12.2 Å². The van der Waals surface area contributed by atoms with Crippen molar-refractivity contribution in [2.24, 2.45) is 5.92 Å². The van der Waals surface area contributed by atoms with Crippen molar-refractivity contribution in [1.29, 1.82) is 0 Å². The molecule has 0 aliphatic carbocycles. The Hall–Kier alpha value is -0.830. The van der Waals surface area contributed by atoms with Crippen LogP contribution in [0.5, 0.6) is 0 Å². The maximum atomic E-state index is 10.1. The fourth-order valence-corrected chi connectivity index (χ4v) is 0.750. The summed E-state index contributed by atoms with van der Waals surface area (Å²) in [7, 11) is 1.57. The summed E-state index contributed by atoms with van der Waals surface area (Å²) in [6.07, 6.45) is 2.55. The van der Waals surface area contributed by atoms with Crippen LogP contribution >= 0.6 is 0 Å². The third kappa shape index (κ3) is 4.56. The highest BCUT2D eigenvalue weighted by Crippen LogP contribution is 2.06. The van der Waals surface area contributed by atoms with E-state index in [0.717, 1.165) is 6.08 Å². The lowest BCUT2D eigenvalue weighted by Gasteiger charge is -2.13. The molecule has 0 aliphatic heterocycles. The van der Waals surface area contributed by atoms with E-state index in [4.69, 9.17) is 9.84 Å². The zero-order chi connectivity index (χ0) is 8.85. The molecule has 0 aliphatic rings. The van der Waals surface area contributed by atoms with Gasteiger partial charge >= 0.3 is 5.97 Å². The fourth-order valence-electron chi connectivity index (χ4n) is 0.750. The van der Waals surface area contributed by atoms with Gasteiger partial charge in [-0.2, -0.15) is 0 Å². The van der Waals surface area contributed by atoms with E-state index in [0.29, 0.717) is 5.92 Å². The lowest BCUT2D eigenvalue weighted by atomic mass is 10.1. The first kappa shape index (κ1) is 10.2. The Morgan fingerprint density at radius 3 is 2.36 bits per heavy atom. The summed E-state index contributed by atoms with van der Waals surface area (Å²) >= 11 is 0. The van der Waals surface area contributed by atoms with Crippen LogP contribution in [0.15, 0.2) is 12.2 Å². The second-order valence-electron chi connectivity index (χ2n) is 2.64. The smallest absolute Gasteiger partial charge is 0.328 e. The minimum atomic E-state index is -0.937. The second kappa shape index (κ2) is 4.91. The predicted molar refractivity (Wildman–Crippen MR) is 42.4 cm³/mol. The summed E-state index contributed by atoms with van der Waals surface area (Å²) in [6.45, 7) is 3.95. The van der Waals surface area contributed by atoms with Gasteiger partial charge in [-0.25, -0.2) is 4.79 Å². The van der Waals surface area contributed by atoms with E-state index in [1.54, 1.807) is 13.2 Å². The number of carboxylic acid groups (broad SMARTS) is 1. The minimum Gasteiger partial charge on any atom is -0.478 e. The van der Waals surface area contributed by atoms with Crippen LogP contribution in [0.4, 0.5) is 0 Å². The first-order valence-electron chi connectivity index (χ1n) is 3.52.